The number of amides is 3. The van der Waals surface area contributed by atoms with E-state index in [2.05, 4.69) is 20.9 Å². The second-order valence-corrected chi connectivity index (χ2v) is 6.95. The molecule has 1 heterocycles. The SMILES string of the molecule is CC(=O)Nc1ccc(C(=O)N[C@H](C(=O)N[C@@H](C)C(=O)O)C(C)(C)C)cn1. The monoisotopic (exact) mass is 364 g/mol. The van der Waals surface area contributed by atoms with Crippen molar-refractivity contribution < 1.29 is 24.3 Å². The number of carboxylic acid groups (broad SMARTS) is 1. The Morgan fingerprint density at radius 1 is 1.12 bits per heavy atom. The molecule has 0 bridgehead atoms. The molecular weight excluding hydrogens is 340 g/mol. The first-order valence-electron chi connectivity index (χ1n) is 7.99. The molecule has 26 heavy (non-hydrogen) atoms. The summed E-state index contributed by atoms with van der Waals surface area (Å²) in [7, 11) is 0. The first kappa shape index (κ1) is 21.1. The number of hydrogen-bond acceptors (Lipinski definition) is 5. The van der Waals surface area contributed by atoms with Gasteiger partial charge in [-0.15, -0.1) is 0 Å². The lowest BCUT2D eigenvalue weighted by Gasteiger charge is -2.31. The number of nitrogens with one attached hydrogen (secondary N) is 3. The number of nitrogens with zero attached hydrogens (tertiary/aromatic N) is 1. The van der Waals surface area contributed by atoms with E-state index in [0.717, 1.165) is 0 Å². The Balaban J connectivity index is 2.91. The number of carbonyl (C=O) groups is 4. The van der Waals surface area contributed by atoms with Crippen molar-refractivity contribution in [2.24, 2.45) is 5.41 Å². The van der Waals surface area contributed by atoms with Crippen LogP contribution in [0.1, 0.15) is 45.0 Å². The summed E-state index contributed by atoms with van der Waals surface area (Å²) < 4.78 is 0. The van der Waals surface area contributed by atoms with Gasteiger partial charge in [0.05, 0.1) is 5.56 Å². The van der Waals surface area contributed by atoms with Crippen molar-refractivity contribution in [1.82, 2.24) is 15.6 Å². The fraction of sp³-hybridized carbons (Fsp3) is 0.471. The van der Waals surface area contributed by atoms with Gasteiger partial charge >= 0.3 is 5.97 Å². The van der Waals surface area contributed by atoms with E-state index in [-0.39, 0.29) is 11.5 Å². The van der Waals surface area contributed by atoms with Gasteiger partial charge < -0.3 is 21.1 Å². The van der Waals surface area contributed by atoms with Gasteiger partial charge in [0.2, 0.25) is 11.8 Å². The Hall–Kier alpha value is -2.97. The van der Waals surface area contributed by atoms with Crippen molar-refractivity contribution in [1.29, 1.82) is 0 Å². The fourth-order valence-electron chi connectivity index (χ4n) is 2.03. The Morgan fingerprint density at radius 3 is 2.15 bits per heavy atom. The zero-order valence-electron chi connectivity index (χ0n) is 15.4. The van der Waals surface area contributed by atoms with E-state index >= 15 is 0 Å². The lowest BCUT2D eigenvalue weighted by Crippen LogP contribution is -2.56. The number of carboxylic acids is 1. The van der Waals surface area contributed by atoms with Crippen LogP contribution in [0.25, 0.3) is 0 Å². The highest BCUT2D eigenvalue weighted by atomic mass is 16.4. The molecule has 0 fully saturated rings. The van der Waals surface area contributed by atoms with Crippen LogP contribution in [0, 0.1) is 5.41 Å². The molecule has 4 N–H and O–H groups in total. The third-order valence-electron chi connectivity index (χ3n) is 3.46. The van der Waals surface area contributed by atoms with Gasteiger partial charge in [-0.05, 0) is 24.5 Å². The third-order valence-corrected chi connectivity index (χ3v) is 3.46. The minimum Gasteiger partial charge on any atom is -0.480 e. The van der Waals surface area contributed by atoms with Gasteiger partial charge in [-0.3, -0.25) is 19.2 Å². The summed E-state index contributed by atoms with van der Waals surface area (Å²) >= 11 is 0. The maximum absolute atomic E-state index is 12.4. The van der Waals surface area contributed by atoms with Crippen LogP contribution in [0.15, 0.2) is 18.3 Å². The lowest BCUT2D eigenvalue weighted by atomic mass is 9.85. The summed E-state index contributed by atoms with van der Waals surface area (Å²) in [4.78, 5) is 50.7. The molecule has 142 valence electrons. The standard InChI is InChI=1S/C17H24N4O5/c1-9(16(25)26)19-15(24)13(17(3,4)5)21-14(23)11-6-7-12(18-8-11)20-10(2)22/h6-9,13H,1-5H3,(H,19,24)(H,21,23)(H,25,26)(H,18,20,22)/t9-,13+/m0/s1. The first-order valence-corrected chi connectivity index (χ1v) is 7.99. The maximum atomic E-state index is 12.4. The molecule has 0 radical (unpaired) electrons. The molecule has 0 aliphatic heterocycles. The van der Waals surface area contributed by atoms with E-state index in [0.29, 0.717) is 5.82 Å². The fourth-order valence-corrected chi connectivity index (χ4v) is 2.03. The molecule has 0 aliphatic carbocycles. The quantitative estimate of drug-likeness (QED) is 0.588. The predicted molar refractivity (Wildman–Crippen MR) is 94.5 cm³/mol. The van der Waals surface area contributed by atoms with E-state index in [9.17, 15) is 19.2 Å². The molecule has 0 saturated heterocycles. The molecule has 0 aromatic carbocycles. The highest BCUT2D eigenvalue weighted by Crippen LogP contribution is 2.20. The zero-order valence-corrected chi connectivity index (χ0v) is 15.4. The van der Waals surface area contributed by atoms with Crippen LogP contribution in [-0.2, 0) is 14.4 Å². The summed E-state index contributed by atoms with van der Waals surface area (Å²) in [6, 6.07) is 0.898. The number of pyridine rings is 1. The first-order chi connectivity index (χ1) is 11.9. The Morgan fingerprint density at radius 2 is 1.73 bits per heavy atom. The highest BCUT2D eigenvalue weighted by Gasteiger charge is 2.34. The zero-order chi connectivity index (χ0) is 20.1. The van der Waals surface area contributed by atoms with E-state index in [4.69, 9.17) is 5.11 Å². The number of carbonyl (C=O) groups excluding carboxylic acids is 3. The molecular formula is C17H24N4O5. The second kappa shape index (κ2) is 8.41. The van der Waals surface area contributed by atoms with Gasteiger partial charge in [-0.25, -0.2) is 4.98 Å². The van der Waals surface area contributed by atoms with E-state index in [1.807, 2.05) is 0 Å². The number of aliphatic carboxylic acids is 1. The van der Waals surface area contributed by atoms with Crippen molar-refractivity contribution in [3.63, 3.8) is 0 Å². The summed E-state index contributed by atoms with van der Waals surface area (Å²) in [5, 5.41) is 16.4. The summed E-state index contributed by atoms with van der Waals surface area (Å²) in [6.45, 7) is 7.93. The van der Waals surface area contributed by atoms with Crippen LogP contribution in [0.2, 0.25) is 0 Å². The summed E-state index contributed by atoms with van der Waals surface area (Å²) in [5.41, 5.74) is -0.450. The Bertz CT molecular complexity index is 694. The Labute approximate surface area is 151 Å². The van der Waals surface area contributed by atoms with Gasteiger partial charge in [0.25, 0.3) is 5.91 Å². The molecule has 2 atom stereocenters. The largest absolute Gasteiger partial charge is 0.480 e. The molecule has 9 nitrogen and oxygen atoms in total. The van der Waals surface area contributed by atoms with Gasteiger partial charge in [0.1, 0.15) is 17.9 Å². The van der Waals surface area contributed by atoms with Gasteiger partial charge in [0, 0.05) is 13.1 Å². The normalized spacial score (nSPS) is 13.3. The van der Waals surface area contributed by atoms with Crippen molar-refractivity contribution >= 4 is 29.5 Å². The van der Waals surface area contributed by atoms with Crippen LogP contribution in [0.4, 0.5) is 5.82 Å². The third kappa shape index (κ3) is 6.15. The van der Waals surface area contributed by atoms with E-state index in [1.54, 1.807) is 20.8 Å². The number of hydrogen-bond donors (Lipinski definition) is 4. The highest BCUT2D eigenvalue weighted by molar-refractivity contribution is 5.98. The molecule has 1 aromatic rings. The van der Waals surface area contributed by atoms with Crippen LogP contribution < -0.4 is 16.0 Å². The van der Waals surface area contributed by atoms with Crippen LogP contribution in [-0.4, -0.2) is 45.9 Å². The van der Waals surface area contributed by atoms with Crippen LogP contribution in [0.5, 0.6) is 0 Å². The topological polar surface area (TPSA) is 137 Å². The van der Waals surface area contributed by atoms with Gasteiger partial charge in [0.15, 0.2) is 0 Å². The van der Waals surface area contributed by atoms with Crippen molar-refractivity contribution in [3.05, 3.63) is 23.9 Å². The van der Waals surface area contributed by atoms with Crippen LogP contribution in [0.3, 0.4) is 0 Å². The molecule has 1 rings (SSSR count). The van der Waals surface area contributed by atoms with E-state index in [1.165, 1.54) is 32.2 Å². The molecule has 3 amide bonds. The molecule has 0 unspecified atom stereocenters. The molecule has 0 saturated carbocycles. The summed E-state index contributed by atoms with van der Waals surface area (Å²) in [5.74, 6) is -2.29. The van der Waals surface area contributed by atoms with Crippen molar-refractivity contribution in [2.45, 2.75) is 46.7 Å². The minimum absolute atomic E-state index is 0.201. The Kier molecular flexibility index (Phi) is 6.82. The maximum Gasteiger partial charge on any atom is 0.325 e. The van der Waals surface area contributed by atoms with E-state index < -0.39 is 35.3 Å². The molecule has 9 heteroatoms. The van der Waals surface area contributed by atoms with Crippen molar-refractivity contribution in [3.8, 4) is 0 Å². The smallest absolute Gasteiger partial charge is 0.325 e. The average Bonchev–Trinajstić information content (AvgIpc) is 2.51. The molecule has 0 spiro atoms. The number of anilines is 1. The lowest BCUT2D eigenvalue weighted by molar-refractivity contribution is -0.142. The van der Waals surface area contributed by atoms with Gasteiger partial charge in [-0.1, -0.05) is 20.8 Å². The summed E-state index contributed by atoms with van der Waals surface area (Å²) in [6.07, 6.45) is 1.28. The predicted octanol–water partition coefficient (Wildman–Crippen LogP) is 0.774. The van der Waals surface area contributed by atoms with Gasteiger partial charge in [-0.2, -0.15) is 0 Å². The minimum atomic E-state index is -1.17. The number of aromatic nitrogens is 1. The average molecular weight is 364 g/mol. The number of rotatable bonds is 6. The van der Waals surface area contributed by atoms with Crippen molar-refractivity contribution in [2.75, 3.05) is 5.32 Å². The molecule has 0 aliphatic rings. The second-order valence-electron chi connectivity index (χ2n) is 6.95. The molecule has 1 aromatic heterocycles. The van der Waals surface area contributed by atoms with Crippen LogP contribution >= 0.6 is 0 Å².